The predicted molar refractivity (Wildman–Crippen MR) is 89.3 cm³/mol. The Hall–Kier alpha value is -0.990. The van der Waals surface area contributed by atoms with E-state index in [2.05, 4.69) is 47.1 Å². The van der Waals surface area contributed by atoms with Crippen molar-refractivity contribution in [2.45, 2.75) is 19.3 Å². The molecule has 0 saturated carbocycles. The van der Waals surface area contributed by atoms with Gasteiger partial charge in [0.05, 0.1) is 6.61 Å². The smallest absolute Gasteiger partial charge is 0.119 e. The maximum absolute atomic E-state index is 6.12. The normalized spacial score (nSPS) is 12.2. The molecule has 0 radical (unpaired) electrons. The van der Waals surface area contributed by atoms with Gasteiger partial charge in [-0.2, -0.15) is 0 Å². The van der Waals surface area contributed by atoms with Crippen LogP contribution in [0.2, 0.25) is 5.02 Å². The van der Waals surface area contributed by atoms with E-state index in [9.17, 15) is 0 Å². The third-order valence-electron chi connectivity index (χ3n) is 3.31. The van der Waals surface area contributed by atoms with Gasteiger partial charge < -0.3 is 4.74 Å². The molecule has 2 rings (SSSR count). The Morgan fingerprint density at radius 3 is 2.55 bits per heavy atom. The Kier molecular flexibility index (Phi) is 5.93. The predicted octanol–water partition coefficient (Wildman–Crippen LogP) is 5.46. The molecule has 0 aliphatic carbocycles. The molecule has 0 N–H and O–H groups in total. The van der Waals surface area contributed by atoms with Crippen molar-refractivity contribution in [1.29, 1.82) is 0 Å². The zero-order valence-corrected chi connectivity index (χ0v) is 13.8. The first-order valence-corrected chi connectivity index (χ1v) is 8.26. The van der Waals surface area contributed by atoms with Gasteiger partial charge in [0, 0.05) is 16.3 Å². The van der Waals surface area contributed by atoms with Crippen LogP contribution >= 0.6 is 27.5 Å². The fourth-order valence-electron chi connectivity index (χ4n) is 2.06. The van der Waals surface area contributed by atoms with Crippen LogP contribution in [-0.2, 0) is 6.42 Å². The Morgan fingerprint density at radius 1 is 1.15 bits per heavy atom. The average Bonchev–Trinajstić information content (AvgIpc) is 2.50. The Morgan fingerprint density at radius 2 is 1.90 bits per heavy atom. The van der Waals surface area contributed by atoms with Crippen molar-refractivity contribution in [2.24, 2.45) is 0 Å². The van der Waals surface area contributed by atoms with Gasteiger partial charge in [-0.25, -0.2) is 0 Å². The maximum Gasteiger partial charge on any atom is 0.119 e. The van der Waals surface area contributed by atoms with E-state index in [4.69, 9.17) is 16.3 Å². The summed E-state index contributed by atoms with van der Waals surface area (Å²) in [5, 5.41) is 1.69. The highest BCUT2D eigenvalue weighted by Gasteiger charge is 2.11. The first-order chi connectivity index (χ1) is 9.74. The number of rotatable bonds is 6. The largest absolute Gasteiger partial charge is 0.493 e. The van der Waals surface area contributed by atoms with E-state index in [1.807, 2.05) is 24.3 Å². The summed E-state index contributed by atoms with van der Waals surface area (Å²) in [4.78, 5) is 0. The van der Waals surface area contributed by atoms with Crippen LogP contribution in [0.25, 0.3) is 0 Å². The molecule has 1 unspecified atom stereocenters. The molecule has 2 aromatic rings. The molecule has 0 aliphatic heterocycles. The number of hydrogen-bond donors (Lipinski definition) is 0. The van der Waals surface area contributed by atoms with E-state index in [0.717, 1.165) is 28.1 Å². The Labute approximate surface area is 134 Å². The lowest BCUT2D eigenvalue weighted by atomic mass is 10.0. The number of benzene rings is 2. The molecule has 0 aromatic heterocycles. The molecular weight excluding hydrogens is 336 g/mol. The molecular formula is C17H18BrClO. The lowest BCUT2D eigenvalue weighted by Gasteiger charge is -2.16. The van der Waals surface area contributed by atoms with Crippen LogP contribution in [-0.4, -0.2) is 11.9 Å². The molecule has 0 fully saturated rings. The minimum atomic E-state index is 0.344. The second-order valence-electron chi connectivity index (χ2n) is 4.68. The van der Waals surface area contributed by atoms with E-state index < -0.39 is 0 Å². The highest BCUT2D eigenvalue weighted by Crippen LogP contribution is 2.24. The van der Waals surface area contributed by atoms with Gasteiger partial charge in [0.2, 0.25) is 0 Å². The number of halogens is 2. The quantitative estimate of drug-likeness (QED) is 0.627. The van der Waals surface area contributed by atoms with Crippen LogP contribution in [0.15, 0.2) is 48.5 Å². The first-order valence-electron chi connectivity index (χ1n) is 6.76. The maximum atomic E-state index is 6.12. The SMILES string of the molecule is CCc1cc(OCC(CBr)c2ccccc2)ccc1Cl. The van der Waals surface area contributed by atoms with Gasteiger partial charge in [-0.1, -0.05) is 64.8 Å². The van der Waals surface area contributed by atoms with Gasteiger partial charge in [0.15, 0.2) is 0 Å². The molecule has 0 bridgehead atoms. The number of alkyl halides is 1. The molecule has 3 heteroatoms. The zero-order valence-electron chi connectivity index (χ0n) is 11.5. The van der Waals surface area contributed by atoms with Gasteiger partial charge in [-0.05, 0) is 35.7 Å². The summed E-state index contributed by atoms with van der Waals surface area (Å²) in [6.45, 7) is 2.75. The van der Waals surface area contributed by atoms with Crippen molar-refractivity contribution in [1.82, 2.24) is 0 Å². The molecule has 0 amide bonds. The van der Waals surface area contributed by atoms with Gasteiger partial charge in [0.25, 0.3) is 0 Å². The Balaban J connectivity index is 2.03. The minimum Gasteiger partial charge on any atom is -0.493 e. The van der Waals surface area contributed by atoms with Crippen LogP contribution in [0.1, 0.15) is 24.0 Å². The molecule has 0 saturated heterocycles. The first kappa shape index (κ1) is 15.4. The third kappa shape index (κ3) is 4.00. The van der Waals surface area contributed by atoms with E-state index in [1.165, 1.54) is 5.56 Å². The van der Waals surface area contributed by atoms with Crippen molar-refractivity contribution < 1.29 is 4.74 Å². The van der Waals surface area contributed by atoms with E-state index in [0.29, 0.717) is 12.5 Å². The molecule has 0 spiro atoms. The number of aryl methyl sites for hydroxylation is 1. The van der Waals surface area contributed by atoms with Crippen molar-refractivity contribution in [3.63, 3.8) is 0 Å². The third-order valence-corrected chi connectivity index (χ3v) is 4.46. The summed E-state index contributed by atoms with van der Waals surface area (Å²) < 4.78 is 5.92. The summed E-state index contributed by atoms with van der Waals surface area (Å²) in [6.07, 6.45) is 0.913. The summed E-state index contributed by atoms with van der Waals surface area (Å²) in [5.41, 5.74) is 2.41. The van der Waals surface area contributed by atoms with Gasteiger partial charge in [-0.3, -0.25) is 0 Å². The minimum absolute atomic E-state index is 0.344. The van der Waals surface area contributed by atoms with Crippen molar-refractivity contribution in [3.05, 3.63) is 64.7 Å². The highest BCUT2D eigenvalue weighted by atomic mass is 79.9. The molecule has 0 aliphatic rings. The summed E-state index contributed by atoms with van der Waals surface area (Å²) in [6, 6.07) is 16.3. The fraction of sp³-hybridized carbons (Fsp3) is 0.294. The standard InChI is InChI=1S/C17H18BrClO/c1-2-13-10-16(8-9-17(13)19)20-12-15(11-18)14-6-4-3-5-7-14/h3-10,15H,2,11-12H2,1H3. The fourth-order valence-corrected chi connectivity index (χ4v) is 2.88. The van der Waals surface area contributed by atoms with Crippen LogP contribution in [0, 0.1) is 0 Å². The highest BCUT2D eigenvalue weighted by molar-refractivity contribution is 9.09. The average molecular weight is 354 g/mol. The molecule has 2 aromatic carbocycles. The van der Waals surface area contributed by atoms with Crippen molar-refractivity contribution >= 4 is 27.5 Å². The van der Waals surface area contributed by atoms with Gasteiger partial charge in [-0.15, -0.1) is 0 Å². The van der Waals surface area contributed by atoms with Crippen LogP contribution in [0.3, 0.4) is 0 Å². The summed E-state index contributed by atoms with van der Waals surface area (Å²) in [7, 11) is 0. The topological polar surface area (TPSA) is 9.23 Å². The molecule has 20 heavy (non-hydrogen) atoms. The van der Waals surface area contributed by atoms with Crippen LogP contribution in [0.5, 0.6) is 5.75 Å². The number of hydrogen-bond acceptors (Lipinski definition) is 1. The Bertz CT molecular complexity index is 542. The van der Waals surface area contributed by atoms with Crippen LogP contribution < -0.4 is 4.74 Å². The zero-order chi connectivity index (χ0) is 14.4. The lowest BCUT2D eigenvalue weighted by Crippen LogP contribution is -2.11. The van der Waals surface area contributed by atoms with Gasteiger partial charge >= 0.3 is 0 Å². The van der Waals surface area contributed by atoms with Crippen LogP contribution in [0.4, 0.5) is 0 Å². The van der Waals surface area contributed by atoms with Crippen molar-refractivity contribution in [2.75, 3.05) is 11.9 Å². The van der Waals surface area contributed by atoms with Gasteiger partial charge in [0.1, 0.15) is 5.75 Å². The van der Waals surface area contributed by atoms with Crippen molar-refractivity contribution in [3.8, 4) is 5.75 Å². The molecule has 106 valence electrons. The lowest BCUT2D eigenvalue weighted by molar-refractivity contribution is 0.298. The summed E-state index contributed by atoms with van der Waals surface area (Å²) in [5.74, 6) is 1.23. The van der Waals surface area contributed by atoms with E-state index >= 15 is 0 Å². The second-order valence-corrected chi connectivity index (χ2v) is 5.73. The second kappa shape index (κ2) is 7.70. The van der Waals surface area contributed by atoms with E-state index in [-0.39, 0.29) is 0 Å². The summed E-state index contributed by atoms with van der Waals surface area (Å²) >= 11 is 9.68. The molecule has 0 heterocycles. The molecule has 1 nitrogen and oxygen atoms in total. The van der Waals surface area contributed by atoms with E-state index in [1.54, 1.807) is 0 Å². The number of ether oxygens (including phenoxy) is 1. The molecule has 1 atom stereocenters. The monoisotopic (exact) mass is 352 g/mol.